The van der Waals surface area contributed by atoms with E-state index in [9.17, 15) is 9.90 Å². The Morgan fingerprint density at radius 3 is 2.64 bits per heavy atom. The van der Waals surface area contributed by atoms with Crippen molar-refractivity contribution in [1.29, 1.82) is 0 Å². The molecule has 0 spiro atoms. The SMILES string of the molecule is CCC1CN(Cc2cc(C(CC(=O)O)c3ccc(N(C)N)c(N)c3C)ccc2C)Cc2ccc(OC)cc2O1. The van der Waals surface area contributed by atoms with Gasteiger partial charge in [-0.1, -0.05) is 37.3 Å². The van der Waals surface area contributed by atoms with E-state index in [0.717, 1.165) is 65.4 Å². The number of hydrogen-bond acceptors (Lipinski definition) is 7. The summed E-state index contributed by atoms with van der Waals surface area (Å²) >= 11 is 0. The van der Waals surface area contributed by atoms with Gasteiger partial charge in [0.15, 0.2) is 0 Å². The number of carboxylic acids is 1. The van der Waals surface area contributed by atoms with Crippen molar-refractivity contribution in [3.05, 3.63) is 81.9 Å². The third kappa shape index (κ3) is 6.29. The molecule has 208 valence electrons. The van der Waals surface area contributed by atoms with Crippen LogP contribution in [0.3, 0.4) is 0 Å². The van der Waals surface area contributed by atoms with Gasteiger partial charge in [0.1, 0.15) is 17.6 Å². The molecule has 8 heteroatoms. The van der Waals surface area contributed by atoms with E-state index in [1.165, 1.54) is 10.6 Å². The molecule has 2 unspecified atom stereocenters. The van der Waals surface area contributed by atoms with Crippen LogP contribution in [-0.4, -0.2) is 42.8 Å². The van der Waals surface area contributed by atoms with E-state index in [2.05, 4.69) is 36.9 Å². The number of anilines is 2. The van der Waals surface area contributed by atoms with Gasteiger partial charge >= 0.3 is 5.97 Å². The van der Waals surface area contributed by atoms with Gasteiger partial charge in [0.2, 0.25) is 0 Å². The number of rotatable bonds is 9. The highest BCUT2D eigenvalue weighted by molar-refractivity contribution is 5.74. The summed E-state index contributed by atoms with van der Waals surface area (Å²) in [6, 6.07) is 16.1. The van der Waals surface area contributed by atoms with Crippen molar-refractivity contribution in [2.24, 2.45) is 5.84 Å². The van der Waals surface area contributed by atoms with Gasteiger partial charge in [0.05, 0.1) is 24.9 Å². The van der Waals surface area contributed by atoms with Crippen LogP contribution in [0, 0.1) is 13.8 Å². The minimum atomic E-state index is -0.859. The van der Waals surface area contributed by atoms with E-state index in [1.54, 1.807) is 14.2 Å². The predicted octanol–water partition coefficient (Wildman–Crippen LogP) is 4.98. The topological polar surface area (TPSA) is 114 Å². The standard InChI is InChI=1S/C31H40N4O4/c1-6-24-18-35(16-22-9-10-25(38-5)14-29(22)39-24)17-23-13-21(8-7-19(23)2)27(15-30(36)37)26-11-12-28(34(4)33)31(32)20(26)3/h7-14,24,27H,6,15-18,32-33H2,1-5H3,(H,36,37). The van der Waals surface area contributed by atoms with Crippen LogP contribution in [-0.2, 0) is 17.9 Å². The van der Waals surface area contributed by atoms with Crippen LogP contribution in [0.25, 0.3) is 0 Å². The van der Waals surface area contributed by atoms with Crippen molar-refractivity contribution in [1.82, 2.24) is 4.90 Å². The highest BCUT2D eigenvalue weighted by Gasteiger charge is 2.25. The number of carbonyl (C=O) groups is 1. The minimum Gasteiger partial charge on any atom is -0.497 e. The number of nitrogens with two attached hydrogens (primary N) is 2. The molecule has 0 saturated carbocycles. The first-order chi connectivity index (χ1) is 18.6. The number of carboxylic acid groups (broad SMARTS) is 1. The summed E-state index contributed by atoms with van der Waals surface area (Å²) < 4.78 is 11.8. The van der Waals surface area contributed by atoms with Crippen molar-refractivity contribution in [2.45, 2.75) is 58.7 Å². The molecule has 1 heterocycles. The number of aryl methyl sites for hydroxylation is 1. The fraction of sp³-hybridized carbons (Fsp3) is 0.387. The third-order valence-electron chi connectivity index (χ3n) is 7.72. The summed E-state index contributed by atoms with van der Waals surface area (Å²) in [6.45, 7) is 8.43. The lowest BCUT2D eigenvalue weighted by Gasteiger charge is -2.26. The summed E-state index contributed by atoms with van der Waals surface area (Å²) in [6.07, 6.45) is 0.915. The fourth-order valence-electron chi connectivity index (χ4n) is 5.36. The number of ether oxygens (including phenoxy) is 2. The number of fused-ring (bicyclic) bond motifs is 1. The molecule has 0 saturated heterocycles. The lowest BCUT2D eigenvalue weighted by molar-refractivity contribution is -0.137. The summed E-state index contributed by atoms with van der Waals surface area (Å²) in [5.74, 6) is 6.40. The molecule has 0 amide bonds. The Morgan fingerprint density at radius 2 is 1.97 bits per heavy atom. The van der Waals surface area contributed by atoms with Crippen molar-refractivity contribution < 1.29 is 19.4 Å². The maximum atomic E-state index is 12.0. The zero-order valence-electron chi connectivity index (χ0n) is 23.5. The summed E-state index contributed by atoms with van der Waals surface area (Å²) in [5, 5.41) is 11.3. The van der Waals surface area contributed by atoms with E-state index in [-0.39, 0.29) is 18.4 Å². The number of aliphatic carboxylic acids is 1. The monoisotopic (exact) mass is 532 g/mol. The molecule has 4 rings (SSSR count). The molecular formula is C31H40N4O4. The number of methoxy groups -OCH3 is 1. The molecule has 1 aliphatic rings. The molecule has 39 heavy (non-hydrogen) atoms. The largest absolute Gasteiger partial charge is 0.497 e. The zero-order chi connectivity index (χ0) is 28.3. The average Bonchev–Trinajstić information content (AvgIpc) is 3.08. The van der Waals surface area contributed by atoms with Gasteiger partial charge in [-0.25, -0.2) is 5.84 Å². The van der Waals surface area contributed by atoms with Crippen LogP contribution in [0.2, 0.25) is 0 Å². The maximum absolute atomic E-state index is 12.0. The number of nitrogen functional groups attached to an aromatic ring is 1. The molecule has 0 radical (unpaired) electrons. The van der Waals surface area contributed by atoms with E-state index in [0.29, 0.717) is 11.4 Å². The molecule has 0 aliphatic carbocycles. The van der Waals surface area contributed by atoms with Crippen LogP contribution in [0.4, 0.5) is 11.4 Å². The Hall–Kier alpha value is -3.75. The summed E-state index contributed by atoms with van der Waals surface area (Å²) in [7, 11) is 3.40. The Morgan fingerprint density at radius 1 is 1.21 bits per heavy atom. The van der Waals surface area contributed by atoms with Crippen LogP contribution in [0.5, 0.6) is 11.5 Å². The smallest absolute Gasteiger partial charge is 0.304 e. The minimum absolute atomic E-state index is 0.0364. The highest BCUT2D eigenvalue weighted by Crippen LogP contribution is 2.37. The predicted molar refractivity (Wildman–Crippen MR) is 155 cm³/mol. The molecule has 0 bridgehead atoms. The molecule has 1 aliphatic heterocycles. The third-order valence-corrected chi connectivity index (χ3v) is 7.72. The quantitative estimate of drug-likeness (QED) is 0.201. The maximum Gasteiger partial charge on any atom is 0.304 e. The van der Waals surface area contributed by atoms with Gasteiger partial charge in [-0.3, -0.25) is 9.69 Å². The second-order valence-electron chi connectivity index (χ2n) is 10.5. The summed E-state index contributed by atoms with van der Waals surface area (Å²) in [4.78, 5) is 14.4. The molecular weight excluding hydrogens is 492 g/mol. The first-order valence-electron chi connectivity index (χ1n) is 13.4. The van der Waals surface area contributed by atoms with E-state index >= 15 is 0 Å². The molecule has 0 aromatic heterocycles. The Bertz CT molecular complexity index is 1340. The van der Waals surface area contributed by atoms with Crippen molar-refractivity contribution in [3.8, 4) is 11.5 Å². The summed E-state index contributed by atoms with van der Waals surface area (Å²) in [5.41, 5.74) is 13.8. The first-order valence-corrected chi connectivity index (χ1v) is 13.4. The number of benzene rings is 3. The van der Waals surface area contributed by atoms with Gasteiger partial charge in [-0.15, -0.1) is 0 Å². The normalized spacial score (nSPS) is 16.1. The van der Waals surface area contributed by atoms with Gasteiger partial charge in [0.25, 0.3) is 0 Å². The highest BCUT2D eigenvalue weighted by atomic mass is 16.5. The van der Waals surface area contributed by atoms with E-state index in [4.69, 9.17) is 21.1 Å². The first kappa shape index (κ1) is 28.3. The van der Waals surface area contributed by atoms with Gasteiger partial charge in [-0.05, 0) is 60.2 Å². The zero-order valence-corrected chi connectivity index (χ0v) is 23.5. The van der Waals surface area contributed by atoms with Crippen LogP contribution in [0.15, 0.2) is 48.5 Å². The number of nitrogens with zero attached hydrogens (tertiary/aromatic N) is 2. The van der Waals surface area contributed by atoms with Crippen molar-refractivity contribution in [2.75, 3.05) is 31.4 Å². The molecule has 2 atom stereocenters. The lowest BCUT2D eigenvalue weighted by atomic mass is 9.84. The Labute approximate surface area is 231 Å². The Kier molecular flexibility index (Phi) is 8.67. The van der Waals surface area contributed by atoms with Crippen LogP contribution in [0.1, 0.15) is 59.1 Å². The average molecular weight is 533 g/mol. The van der Waals surface area contributed by atoms with E-state index < -0.39 is 5.97 Å². The molecule has 5 N–H and O–H groups in total. The van der Waals surface area contributed by atoms with Crippen LogP contribution < -0.4 is 26.1 Å². The Balaban J connectivity index is 1.68. The molecule has 3 aromatic rings. The van der Waals surface area contributed by atoms with Crippen molar-refractivity contribution >= 4 is 17.3 Å². The van der Waals surface area contributed by atoms with Crippen LogP contribution >= 0.6 is 0 Å². The van der Waals surface area contributed by atoms with E-state index in [1.807, 2.05) is 37.3 Å². The number of hydrogen-bond donors (Lipinski definition) is 3. The van der Waals surface area contributed by atoms with Crippen molar-refractivity contribution in [3.63, 3.8) is 0 Å². The van der Waals surface area contributed by atoms with Gasteiger partial charge in [0, 0.05) is 44.2 Å². The second-order valence-corrected chi connectivity index (χ2v) is 10.5. The molecule has 8 nitrogen and oxygen atoms in total. The lowest BCUT2D eigenvalue weighted by Crippen LogP contribution is -2.32. The molecule has 3 aromatic carbocycles. The van der Waals surface area contributed by atoms with Gasteiger partial charge in [-0.2, -0.15) is 0 Å². The van der Waals surface area contributed by atoms with Gasteiger partial charge < -0.3 is 25.3 Å². The second kappa shape index (κ2) is 12.0. The molecule has 0 fully saturated rings. The number of hydrazine groups is 1. The fourth-order valence-corrected chi connectivity index (χ4v) is 5.36.